The summed E-state index contributed by atoms with van der Waals surface area (Å²) in [7, 11) is 0. The summed E-state index contributed by atoms with van der Waals surface area (Å²) in [5.74, 6) is -0.524. The number of carbonyl (C=O) groups excluding carboxylic acids is 2. The average Bonchev–Trinajstić information content (AvgIpc) is 3.12. The van der Waals surface area contributed by atoms with E-state index in [0.29, 0.717) is 25.9 Å². The molecule has 4 aliphatic carbocycles. The van der Waals surface area contributed by atoms with E-state index in [1.807, 2.05) is 33.8 Å². The third-order valence-corrected chi connectivity index (χ3v) is 12.1. The summed E-state index contributed by atoms with van der Waals surface area (Å²) in [6.45, 7) is 16.0. The number of hydrogen-bond acceptors (Lipinski definition) is 7. The van der Waals surface area contributed by atoms with Gasteiger partial charge in [0, 0.05) is 23.7 Å². The fraction of sp³-hybridized carbons (Fsp3) is 0.812. The second-order valence-corrected chi connectivity index (χ2v) is 15.0. The Bertz CT molecular complexity index is 1110. The van der Waals surface area contributed by atoms with Crippen LogP contribution in [0.15, 0.2) is 23.8 Å². The normalized spacial score (nSPS) is 50.2. The molecule has 0 aromatic heterocycles. The second kappa shape index (κ2) is 8.98. The molecule has 0 aromatic carbocycles. The number of carbonyl (C=O) groups is 2. The van der Waals surface area contributed by atoms with Gasteiger partial charge in [0.1, 0.15) is 12.2 Å². The lowest BCUT2D eigenvalue weighted by atomic mass is 9.37. The smallest absolute Gasteiger partial charge is 0.302 e. The Morgan fingerprint density at radius 3 is 2.33 bits per heavy atom. The summed E-state index contributed by atoms with van der Waals surface area (Å²) in [6.07, 6.45) is 5.27. The van der Waals surface area contributed by atoms with Crippen molar-refractivity contribution in [3.05, 3.63) is 23.8 Å². The molecule has 5 rings (SSSR count). The van der Waals surface area contributed by atoms with Gasteiger partial charge < -0.3 is 24.8 Å². The van der Waals surface area contributed by atoms with Gasteiger partial charge in [0.25, 0.3) is 0 Å². The molecule has 218 valence electrons. The topological polar surface area (TPSA) is 113 Å². The monoisotopic (exact) mass is 544 g/mol. The van der Waals surface area contributed by atoms with Gasteiger partial charge in [-0.2, -0.15) is 0 Å². The van der Waals surface area contributed by atoms with Gasteiger partial charge in [0.15, 0.2) is 5.78 Å². The Morgan fingerprint density at radius 2 is 1.69 bits per heavy atom. The summed E-state index contributed by atoms with van der Waals surface area (Å²) in [4.78, 5) is 25.5. The number of aliphatic hydroxyl groups is 3. The molecule has 1 aliphatic heterocycles. The quantitative estimate of drug-likeness (QED) is 0.356. The molecule has 11 atom stereocenters. The van der Waals surface area contributed by atoms with Crippen LogP contribution in [0.25, 0.3) is 0 Å². The minimum atomic E-state index is -0.976. The lowest BCUT2D eigenvalue weighted by Gasteiger charge is -2.67. The molecule has 3 fully saturated rings. The van der Waals surface area contributed by atoms with Gasteiger partial charge in [0.05, 0.1) is 24.4 Å². The standard InChI is InChI=1S/C32H48O7/c1-17(33)39-25-14-23-28(2,3)24(36)11-12-30(23,6)26-21(35)15-31(7)19(9-10-22(31)32(25,26)8)18-13-20(34)27(37)29(4,5)38-16-18/h10-12,18-21,23,25-27,34-35,37H,9,13-16H2,1-8H3/t18-,19-,20+,21+,23-,25+,26+,27-,30-,31-,32+/m0/s1. The summed E-state index contributed by atoms with van der Waals surface area (Å²) in [6, 6.07) is 0. The number of esters is 1. The van der Waals surface area contributed by atoms with Crippen LogP contribution in [0.3, 0.4) is 0 Å². The van der Waals surface area contributed by atoms with Crippen molar-refractivity contribution >= 4 is 11.8 Å². The number of rotatable bonds is 2. The first kappa shape index (κ1) is 29.0. The minimum absolute atomic E-state index is 0.00671. The molecular formula is C32H48O7. The molecule has 1 saturated heterocycles. The van der Waals surface area contributed by atoms with E-state index in [9.17, 15) is 24.9 Å². The van der Waals surface area contributed by atoms with Crippen LogP contribution in [0.2, 0.25) is 0 Å². The van der Waals surface area contributed by atoms with Crippen molar-refractivity contribution in [3.8, 4) is 0 Å². The minimum Gasteiger partial charge on any atom is -0.462 e. The molecule has 0 spiro atoms. The van der Waals surface area contributed by atoms with Crippen LogP contribution < -0.4 is 0 Å². The van der Waals surface area contributed by atoms with Gasteiger partial charge in [-0.15, -0.1) is 0 Å². The van der Waals surface area contributed by atoms with E-state index in [1.54, 1.807) is 6.08 Å². The Labute approximate surface area is 233 Å². The largest absolute Gasteiger partial charge is 0.462 e. The van der Waals surface area contributed by atoms with Crippen molar-refractivity contribution in [3.63, 3.8) is 0 Å². The fourth-order valence-electron chi connectivity index (χ4n) is 10.2. The second-order valence-electron chi connectivity index (χ2n) is 15.0. The molecular weight excluding hydrogens is 496 g/mol. The highest BCUT2D eigenvalue weighted by molar-refractivity contribution is 5.95. The zero-order valence-electron chi connectivity index (χ0n) is 24.9. The van der Waals surface area contributed by atoms with Crippen molar-refractivity contribution < 1.29 is 34.4 Å². The van der Waals surface area contributed by atoms with Crippen molar-refractivity contribution in [2.75, 3.05) is 6.61 Å². The molecule has 0 radical (unpaired) electrons. The van der Waals surface area contributed by atoms with E-state index in [2.05, 4.69) is 26.8 Å². The van der Waals surface area contributed by atoms with Crippen LogP contribution in [0.4, 0.5) is 0 Å². The average molecular weight is 545 g/mol. The van der Waals surface area contributed by atoms with E-state index in [4.69, 9.17) is 9.47 Å². The van der Waals surface area contributed by atoms with Crippen molar-refractivity contribution in [1.29, 1.82) is 0 Å². The number of hydrogen-bond donors (Lipinski definition) is 3. The maximum atomic E-state index is 13.0. The summed E-state index contributed by atoms with van der Waals surface area (Å²) in [5, 5.41) is 33.7. The van der Waals surface area contributed by atoms with Crippen molar-refractivity contribution in [1.82, 2.24) is 0 Å². The zero-order valence-corrected chi connectivity index (χ0v) is 24.9. The van der Waals surface area contributed by atoms with Gasteiger partial charge in [-0.3, -0.25) is 9.59 Å². The van der Waals surface area contributed by atoms with Crippen LogP contribution in [-0.4, -0.2) is 63.7 Å². The highest BCUT2D eigenvalue weighted by atomic mass is 16.5. The first-order valence-electron chi connectivity index (χ1n) is 14.7. The molecule has 0 bridgehead atoms. The Balaban J connectivity index is 1.58. The summed E-state index contributed by atoms with van der Waals surface area (Å²) in [5.41, 5.74) is -1.78. The van der Waals surface area contributed by atoms with E-state index in [0.717, 1.165) is 6.42 Å². The number of fused-ring (bicyclic) bond motifs is 5. The van der Waals surface area contributed by atoms with E-state index in [-0.39, 0.29) is 35.4 Å². The van der Waals surface area contributed by atoms with Gasteiger partial charge >= 0.3 is 5.97 Å². The van der Waals surface area contributed by atoms with Crippen LogP contribution >= 0.6 is 0 Å². The first-order chi connectivity index (χ1) is 17.9. The predicted octanol–water partition coefficient (Wildman–Crippen LogP) is 3.99. The zero-order chi connectivity index (χ0) is 28.9. The lowest BCUT2D eigenvalue weighted by Crippen LogP contribution is -2.68. The van der Waals surface area contributed by atoms with Gasteiger partial charge in [0.2, 0.25) is 0 Å². The molecule has 0 unspecified atom stereocenters. The number of allylic oxidation sites excluding steroid dienone is 3. The third kappa shape index (κ3) is 3.97. The summed E-state index contributed by atoms with van der Waals surface area (Å²) >= 11 is 0. The molecule has 7 nitrogen and oxygen atoms in total. The van der Waals surface area contributed by atoms with Gasteiger partial charge in [-0.25, -0.2) is 0 Å². The molecule has 1 heterocycles. The van der Waals surface area contributed by atoms with Crippen LogP contribution in [0, 0.1) is 45.3 Å². The highest BCUT2D eigenvalue weighted by Crippen LogP contribution is 2.72. The number of ketones is 1. The maximum absolute atomic E-state index is 13.0. The molecule has 39 heavy (non-hydrogen) atoms. The predicted molar refractivity (Wildman–Crippen MR) is 146 cm³/mol. The van der Waals surface area contributed by atoms with Crippen LogP contribution in [-0.2, 0) is 19.1 Å². The molecule has 0 amide bonds. The Kier molecular flexibility index (Phi) is 6.67. The molecule has 0 aromatic rings. The molecule has 2 saturated carbocycles. The van der Waals surface area contributed by atoms with Crippen LogP contribution in [0.5, 0.6) is 0 Å². The Hall–Kier alpha value is -1.54. The van der Waals surface area contributed by atoms with Crippen LogP contribution in [0.1, 0.15) is 81.1 Å². The van der Waals surface area contributed by atoms with Crippen molar-refractivity contribution in [2.45, 2.75) is 111 Å². The number of ether oxygens (including phenoxy) is 2. The summed E-state index contributed by atoms with van der Waals surface area (Å²) < 4.78 is 12.3. The molecule has 7 heteroatoms. The van der Waals surface area contributed by atoms with E-state index < -0.39 is 51.7 Å². The highest BCUT2D eigenvalue weighted by Gasteiger charge is 2.71. The van der Waals surface area contributed by atoms with E-state index in [1.165, 1.54) is 12.5 Å². The van der Waals surface area contributed by atoms with Gasteiger partial charge in [-0.05, 0) is 74.2 Å². The fourth-order valence-corrected chi connectivity index (χ4v) is 10.2. The molecule has 5 aliphatic rings. The van der Waals surface area contributed by atoms with E-state index >= 15 is 0 Å². The SMILES string of the molecule is CC(=O)O[C@@H]1C[C@H]2C(C)(C)C(=O)C=C[C@]2(C)[C@H]2[C@H](O)C[C@]3(C)C(=CC[C@H]3[C@@H]3COC(C)(C)[C@@H](O)[C@H](O)C3)[C@@]21C. The third-order valence-electron chi connectivity index (χ3n) is 12.1. The Morgan fingerprint density at radius 1 is 1.03 bits per heavy atom. The first-order valence-corrected chi connectivity index (χ1v) is 14.7. The van der Waals surface area contributed by atoms with Gasteiger partial charge in [-0.1, -0.05) is 52.3 Å². The number of aliphatic hydroxyl groups excluding tert-OH is 3. The molecule has 3 N–H and O–H groups in total. The maximum Gasteiger partial charge on any atom is 0.302 e. The van der Waals surface area contributed by atoms with Crippen molar-refractivity contribution in [2.24, 2.45) is 45.3 Å². The lowest BCUT2D eigenvalue weighted by molar-refractivity contribution is -0.210.